The molecule has 0 bridgehead atoms. The molecule has 2 amide bonds. The molecular formula is C19H29N3O2. The van der Waals surface area contributed by atoms with Crippen LogP contribution in [-0.2, 0) is 9.59 Å². The van der Waals surface area contributed by atoms with Gasteiger partial charge in [0.2, 0.25) is 11.8 Å². The van der Waals surface area contributed by atoms with Gasteiger partial charge in [0.15, 0.2) is 0 Å². The normalized spacial score (nSPS) is 20.6. The molecule has 0 unspecified atom stereocenters. The molecule has 5 heteroatoms. The zero-order valence-electron chi connectivity index (χ0n) is 14.7. The van der Waals surface area contributed by atoms with E-state index in [-0.39, 0.29) is 29.8 Å². The maximum absolute atomic E-state index is 12.5. The van der Waals surface area contributed by atoms with E-state index in [1.165, 1.54) is 0 Å². The van der Waals surface area contributed by atoms with Crippen LogP contribution >= 0.6 is 0 Å². The molecular weight excluding hydrogens is 302 g/mol. The van der Waals surface area contributed by atoms with Crippen molar-refractivity contribution in [3.8, 4) is 0 Å². The molecule has 0 radical (unpaired) electrons. The molecule has 1 aliphatic carbocycles. The molecule has 0 saturated carbocycles. The number of amides is 2. The summed E-state index contributed by atoms with van der Waals surface area (Å²) in [7, 11) is 0. The molecule has 1 saturated heterocycles. The molecule has 0 aromatic carbocycles. The van der Waals surface area contributed by atoms with Crippen LogP contribution in [0.4, 0.5) is 0 Å². The van der Waals surface area contributed by atoms with Gasteiger partial charge in [0, 0.05) is 25.2 Å². The number of carbonyl (C=O) groups excluding carboxylic acids is 2. The Morgan fingerprint density at radius 1 is 1.12 bits per heavy atom. The van der Waals surface area contributed by atoms with Gasteiger partial charge in [0.25, 0.3) is 0 Å². The Hall–Kier alpha value is -1.88. The second-order valence-electron chi connectivity index (χ2n) is 6.41. The third-order valence-electron chi connectivity index (χ3n) is 4.66. The summed E-state index contributed by atoms with van der Waals surface area (Å²) in [6, 6.07) is 0.446. The molecule has 2 aliphatic rings. The fourth-order valence-electron chi connectivity index (χ4n) is 3.07. The van der Waals surface area contributed by atoms with Gasteiger partial charge in [-0.05, 0) is 19.3 Å². The maximum Gasteiger partial charge on any atom is 0.234 e. The van der Waals surface area contributed by atoms with Crippen molar-refractivity contribution < 1.29 is 9.59 Å². The van der Waals surface area contributed by atoms with Gasteiger partial charge < -0.3 is 15.5 Å². The summed E-state index contributed by atoms with van der Waals surface area (Å²) >= 11 is 0. The van der Waals surface area contributed by atoms with Gasteiger partial charge >= 0.3 is 0 Å². The highest BCUT2D eigenvalue weighted by molar-refractivity contribution is 5.83. The summed E-state index contributed by atoms with van der Waals surface area (Å²) in [5.74, 6) is -0.0110. The van der Waals surface area contributed by atoms with Crippen molar-refractivity contribution in [3.05, 3.63) is 36.5 Å². The van der Waals surface area contributed by atoms with Gasteiger partial charge in [0.05, 0.1) is 12.5 Å². The number of likely N-dealkylation sites (tertiary alicyclic amines) is 1. The number of nitrogens with zero attached hydrogens (tertiary/aromatic N) is 1. The van der Waals surface area contributed by atoms with E-state index in [2.05, 4.69) is 24.5 Å². The number of allylic oxidation sites excluding steroid dienone is 4. The van der Waals surface area contributed by atoms with Crippen LogP contribution in [0.5, 0.6) is 0 Å². The summed E-state index contributed by atoms with van der Waals surface area (Å²) in [5.41, 5.74) is 0. The van der Waals surface area contributed by atoms with Crippen LogP contribution in [-0.4, -0.2) is 48.4 Å². The summed E-state index contributed by atoms with van der Waals surface area (Å²) in [6.07, 6.45) is 14.3. The van der Waals surface area contributed by atoms with Gasteiger partial charge in [-0.25, -0.2) is 0 Å². The summed E-state index contributed by atoms with van der Waals surface area (Å²) < 4.78 is 0. The molecule has 1 fully saturated rings. The van der Waals surface area contributed by atoms with E-state index in [1.54, 1.807) is 0 Å². The molecule has 0 aromatic heterocycles. The first-order valence-corrected chi connectivity index (χ1v) is 8.97. The molecule has 1 aliphatic heterocycles. The van der Waals surface area contributed by atoms with Gasteiger partial charge in [-0.3, -0.25) is 9.59 Å². The van der Waals surface area contributed by atoms with E-state index < -0.39 is 0 Å². The number of carbonyl (C=O) groups is 2. The average molecular weight is 331 g/mol. The minimum absolute atomic E-state index is 0.0363. The highest BCUT2D eigenvalue weighted by Crippen LogP contribution is 2.16. The van der Waals surface area contributed by atoms with Gasteiger partial charge in [-0.15, -0.1) is 0 Å². The standard InChI is InChI=1S/C19H29N3O2/c1-3-16(4-2)21-18(23)13-20-17-11-12-22(14-17)19(24)15-9-7-5-6-8-10-15/h5-10,15-17,20H,3-4,11-14H2,1-2H3,(H,21,23)/t17-/m0/s1. The van der Waals surface area contributed by atoms with Crippen molar-refractivity contribution in [2.45, 2.75) is 45.2 Å². The molecule has 0 spiro atoms. The predicted octanol–water partition coefficient (Wildman–Crippen LogP) is 1.78. The molecule has 2 N–H and O–H groups in total. The Labute approximate surface area is 144 Å². The van der Waals surface area contributed by atoms with Gasteiger partial charge in [-0.1, -0.05) is 50.3 Å². The zero-order chi connectivity index (χ0) is 17.4. The van der Waals surface area contributed by atoms with E-state index in [0.717, 1.165) is 25.8 Å². The first kappa shape index (κ1) is 18.5. The molecule has 2 rings (SSSR count). The van der Waals surface area contributed by atoms with Gasteiger partial charge in [-0.2, -0.15) is 0 Å². The summed E-state index contributed by atoms with van der Waals surface area (Å²) in [6.45, 7) is 5.89. The quantitative estimate of drug-likeness (QED) is 0.747. The van der Waals surface area contributed by atoms with Crippen molar-refractivity contribution in [3.63, 3.8) is 0 Å². The lowest BCUT2D eigenvalue weighted by Crippen LogP contribution is -2.44. The Kier molecular flexibility index (Phi) is 7.25. The van der Waals surface area contributed by atoms with Crippen LogP contribution < -0.4 is 10.6 Å². The predicted molar refractivity (Wildman–Crippen MR) is 96.4 cm³/mol. The first-order valence-electron chi connectivity index (χ1n) is 8.97. The molecule has 1 atom stereocenters. The van der Waals surface area contributed by atoms with Crippen molar-refractivity contribution in [2.24, 2.45) is 5.92 Å². The Morgan fingerprint density at radius 2 is 1.79 bits per heavy atom. The number of hydrogen-bond donors (Lipinski definition) is 2. The van der Waals surface area contributed by atoms with E-state index in [9.17, 15) is 9.59 Å². The van der Waals surface area contributed by atoms with E-state index in [1.807, 2.05) is 41.4 Å². The van der Waals surface area contributed by atoms with Crippen LogP contribution in [0.15, 0.2) is 36.5 Å². The first-order chi connectivity index (χ1) is 11.6. The van der Waals surface area contributed by atoms with E-state index >= 15 is 0 Å². The van der Waals surface area contributed by atoms with Crippen LogP contribution in [0.2, 0.25) is 0 Å². The van der Waals surface area contributed by atoms with Crippen LogP contribution in [0, 0.1) is 5.92 Å². The second-order valence-corrected chi connectivity index (χ2v) is 6.41. The average Bonchev–Trinajstić information content (AvgIpc) is 2.90. The number of nitrogens with one attached hydrogen (secondary N) is 2. The topological polar surface area (TPSA) is 61.4 Å². The lowest BCUT2D eigenvalue weighted by atomic mass is 10.1. The molecule has 5 nitrogen and oxygen atoms in total. The smallest absolute Gasteiger partial charge is 0.234 e. The van der Waals surface area contributed by atoms with Crippen LogP contribution in [0.1, 0.15) is 33.1 Å². The molecule has 132 valence electrons. The van der Waals surface area contributed by atoms with E-state index in [4.69, 9.17) is 0 Å². The van der Waals surface area contributed by atoms with Crippen LogP contribution in [0.3, 0.4) is 0 Å². The van der Waals surface area contributed by atoms with Crippen molar-refractivity contribution >= 4 is 11.8 Å². The maximum atomic E-state index is 12.5. The number of rotatable bonds is 7. The third kappa shape index (κ3) is 5.34. The second kappa shape index (κ2) is 9.42. The summed E-state index contributed by atoms with van der Waals surface area (Å²) in [4.78, 5) is 26.4. The summed E-state index contributed by atoms with van der Waals surface area (Å²) in [5, 5.41) is 6.31. The lowest BCUT2D eigenvalue weighted by Gasteiger charge is -2.20. The Bertz CT molecular complexity index is 505. The molecule has 24 heavy (non-hydrogen) atoms. The third-order valence-corrected chi connectivity index (χ3v) is 4.66. The van der Waals surface area contributed by atoms with Crippen molar-refractivity contribution in [1.82, 2.24) is 15.5 Å². The highest BCUT2D eigenvalue weighted by atomic mass is 16.2. The van der Waals surface area contributed by atoms with Crippen molar-refractivity contribution in [1.29, 1.82) is 0 Å². The minimum Gasteiger partial charge on any atom is -0.352 e. The van der Waals surface area contributed by atoms with E-state index in [0.29, 0.717) is 13.1 Å². The zero-order valence-corrected chi connectivity index (χ0v) is 14.7. The van der Waals surface area contributed by atoms with Crippen LogP contribution in [0.25, 0.3) is 0 Å². The Balaban J connectivity index is 1.74. The Morgan fingerprint density at radius 3 is 2.42 bits per heavy atom. The minimum atomic E-state index is -0.183. The molecule has 1 heterocycles. The van der Waals surface area contributed by atoms with Crippen molar-refractivity contribution in [2.75, 3.05) is 19.6 Å². The SMILES string of the molecule is CCC(CC)NC(=O)CN[C@H]1CCN(C(=O)C2C=CC=CC=C2)C1. The fourth-order valence-corrected chi connectivity index (χ4v) is 3.07. The monoisotopic (exact) mass is 331 g/mol. The molecule has 0 aromatic rings. The highest BCUT2D eigenvalue weighted by Gasteiger charge is 2.29. The number of hydrogen-bond acceptors (Lipinski definition) is 3. The largest absolute Gasteiger partial charge is 0.352 e. The fraction of sp³-hybridized carbons (Fsp3) is 0.579. The lowest BCUT2D eigenvalue weighted by molar-refractivity contribution is -0.131. The van der Waals surface area contributed by atoms with Gasteiger partial charge in [0.1, 0.15) is 0 Å².